The Bertz CT molecular complexity index is 785. The monoisotopic (exact) mass is 391 g/mol. The molecule has 0 saturated carbocycles. The highest BCUT2D eigenvalue weighted by Crippen LogP contribution is 2.34. The standard InChI is InChI=1S/C19H21N3O2S.ClH/c1-2-20-11-14-7-3-4-8-15(14)21-18(23)12-22-16-9-5-6-10-17(16)25-13-19(22)24;/h3-10,20H,2,11-13H2,1H3,(H,21,23);1H. The van der Waals surface area contributed by atoms with Gasteiger partial charge in [-0.3, -0.25) is 9.59 Å². The van der Waals surface area contributed by atoms with Crippen LogP contribution in [-0.2, 0) is 16.1 Å². The third-order valence-electron chi connectivity index (χ3n) is 3.97. The number of carbonyl (C=O) groups excluding carboxylic acids is 2. The number of rotatable bonds is 6. The molecule has 1 heterocycles. The summed E-state index contributed by atoms with van der Waals surface area (Å²) in [6.45, 7) is 3.61. The van der Waals surface area contributed by atoms with Crippen molar-refractivity contribution in [1.82, 2.24) is 5.32 Å². The molecular weight excluding hydrogens is 370 g/mol. The average molecular weight is 392 g/mol. The van der Waals surface area contributed by atoms with E-state index in [1.807, 2.05) is 55.5 Å². The molecule has 0 radical (unpaired) electrons. The zero-order valence-electron chi connectivity index (χ0n) is 14.5. The number of nitrogens with one attached hydrogen (secondary N) is 2. The van der Waals surface area contributed by atoms with Crippen LogP contribution in [0.4, 0.5) is 11.4 Å². The van der Waals surface area contributed by atoms with E-state index in [1.54, 1.807) is 4.90 Å². The minimum atomic E-state index is -0.195. The summed E-state index contributed by atoms with van der Waals surface area (Å²) in [5.74, 6) is 0.125. The van der Waals surface area contributed by atoms with Crippen molar-refractivity contribution in [2.24, 2.45) is 0 Å². The van der Waals surface area contributed by atoms with Gasteiger partial charge in [-0.2, -0.15) is 0 Å². The van der Waals surface area contributed by atoms with E-state index in [9.17, 15) is 9.59 Å². The normalized spacial score (nSPS) is 13.0. The molecule has 2 aromatic rings. The van der Waals surface area contributed by atoms with E-state index < -0.39 is 0 Å². The van der Waals surface area contributed by atoms with Crippen molar-refractivity contribution in [3.05, 3.63) is 54.1 Å². The van der Waals surface area contributed by atoms with Gasteiger partial charge in [0.05, 0.1) is 11.4 Å². The van der Waals surface area contributed by atoms with Crippen LogP contribution in [0, 0.1) is 0 Å². The van der Waals surface area contributed by atoms with E-state index in [4.69, 9.17) is 0 Å². The van der Waals surface area contributed by atoms with Crippen LogP contribution in [0.5, 0.6) is 0 Å². The first-order chi connectivity index (χ1) is 12.2. The molecular formula is C19H22ClN3O2S. The number of para-hydroxylation sites is 2. The quantitative estimate of drug-likeness (QED) is 0.793. The maximum atomic E-state index is 12.5. The maximum Gasteiger partial charge on any atom is 0.244 e. The molecule has 2 aromatic carbocycles. The van der Waals surface area contributed by atoms with Crippen molar-refractivity contribution in [2.45, 2.75) is 18.4 Å². The second kappa shape index (κ2) is 9.62. The van der Waals surface area contributed by atoms with Crippen molar-refractivity contribution in [3.8, 4) is 0 Å². The third kappa shape index (κ3) is 4.78. The zero-order chi connectivity index (χ0) is 17.6. The molecule has 2 N–H and O–H groups in total. The van der Waals surface area contributed by atoms with Crippen molar-refractivity contribution in [2.75, 3.05) is 29.1 Å². The van der Waals surface area contributed by atoms with Crippen LogP contribution < -0.4 is 15.5 Å². The Hall–Kier alpha value is -2.02. The molecule has 0 atom stereocenters. The summed E-state index contributed by atoms with van der Waals surface area (Å²) in [6, 6.07) is 15.4. The molecule has 5 nitrogen and oxygen atoms in total. The van der Waals surface area contributed by atoms with Crippen LogP contribution in [-0.4, -0.2) is 30.7 Å². The van der Waals surface area contributed by atoms with Crippen molar-refractivity contribution < 1.29 is 9.59 Å². The van der Waals surface area contributed by atoms with E-state index in [-0.39, 0.29) is 30.8 Å². The molecule has 138 valence electrons. The lowest BCUT2D eigenvalue weighted by atomic mass is 10.1. The fourth-order valence-electron chi connectivity index (χ4n) is 2.72. The van der Waals surface area contributed by atoms with Crippen LogP contribution in [0.1, 0.15) is 12.5 Å². The molecule has 0 aromatic heterocycles. The number of nitrogens with zero attached hydrogens (tertiary/aromatic N) is 1. The van der Waals surface area contributed by atoms with Crippen LogP contribution in [0.15, 0.2) is 53.4 Å². The van der Waals surface area contributed by atoms with Gasteiger partial charge in [0.25, 0.3) is 0 Å². The number of anilines is 2. The van der Waals surface area contributed by atoms with Gasteiger partial charge >= 0.3 is 0 Å². The number of hydrogen-bond acceptors (Lipinski definition) is 4. The van der Waals surface area contributed by atoms with E-state index in [1.165, 1.54) is 11.8 Å². The fourth-order valence-corrected chi connectivity index (χ4v) is 3.65. The van der Waals surface area contributed by atoms with Crippen LogP contribution >= 0.6 is 24.2 Å². The van der Waals surface area contributed by atoms with E-state index in [2.05, 4.69) is 10.6 Å². The van der Waals surface area contributed by atoms with Crippen LogP contribution in [0.25, 0.3) is 0 Å². The summed E-state index contributed by atoms with van der Waals surface area (Å²) >= 11 is 1.51. The topological polar surface area (TPSA) is 61.4 Å². The molecule has 3 rings (SSSR count). The summed E-state index contributed by atoms with van der Waals surface area (Å²) in [4.78, 5) is 27.4. The molecule has 0 bridgehead atoms. The molecule has 0 fully saturated rings. The molecule has 0 spiro atoms. The number of fused-ring (bicyclic) bond motifs is 1. The first kappa shape index (κ1) is 20.3. The highest BCUT2D eigenvalue weighted by atomic mass is 35.5. The van der Waals surface area contributed by atoms with Crippen molar-refractivity contribution >= 4 is 47.4 Å². The van der Waals surface area contributed by atoms with Gasteiger partial charge in [-0.05, 0) is 30.3 Å². The molecule has 0 aliphatic carbocycles. The lowest BCUT2D eigenvalue weighted by Crippen LogP contribution is -2.41. The van der Waals surface area contributed by atoms with Gasteiger partial charge in [0, 0.05) is 17.1 Å². The Morgan fingerprint density at radius 2 is 1.88 bits per heavy atom. The fraction of sp³-hybridized carbons (Fsp3) is 0.263. The third-order valence-corrected chi connectivity index (χ3v) is 5.01. The average Bonchev–Trinajstić information content (AvgIpc) is 2.63. The summed E-state index contributed by atoms with van der Waals surface area (Å²) in [5, 5.41) is 6.20. The molecule has 0 saturated heterocycles. The number of thioether (sulfide) groups is 1. The van der Waals surface area contributed by atoms with Crippen LogP contribution in [0.2, 0.25) is 0 Å². The number of carbonyl (C=O) groups is 2. The summed E-state index contributed by atoms with van der Waals surface area (Å²) in [7, 11) is 0. The molecule has 1 aliphatic heterocycles. The van der Waals surface area contributed by atoms with Gasteiger partial charge in [-0.15, -0.1) is 24.2 Å². The second-order valence-corrected chi connectivity index (χ2v) is 6.74. The van der Waals surface area contributed by atoms with Gasteiger partial charge < -0.3 is 15.5 Å². The SMILES string of the molecule is CCNCc1ccccc1NC(=O)CN1C(=O)CSc2ccccc21.Cl. The predicted octanol–water partition coefficient (Wildman–Crippen LogP) is 3.30. The molecule has 2 amide bonds. The Morgan fingerprint density at radius 3 is 2.69 bits per heavy atom. The zero-order valence-corrected chi connectivity index (χ0v) is 16.2. The van der Waals surface area contributed by atoms with Gasteiger partial charge in [0.15, 0.2) is 0 Å². The Labute approximate surface area is 163 Å². The predicted molar refractivity (Wildman–Crippen MR) is 109 cm³/mol. The maximum absolute atomic E-state index is 12.5. The summed E-state index contributed by atoms with van der Waals surface area (Å²) in [6.07, 6.45) is 0. The first-order valence-electron chi connectivity index (χ1n) is 8.29. The lowest BCUT2D eigenvalue weighted by Gasteiger charge is -2.28. The molecule has 1 aliphatic rings. The van der Waals surface area contributed by atoms with Gasteiger partial charge in [0.1, 0.15) is 6.54 Å². The van der Waals surface area contributed by atoms with Crippen molar-refractivity contribution in [1.29, 1.82) is 0 Å². The van der Waals surface area contributed by atoms with Crippen LogP contribution in [0.3, 0.4) is 0 Å². The molecule has 0 unspecified atom stereocenters. The Balaban J connectivity index is 0.00000243. The van der Waals surface area contributed by atoms with Gasteiger partial charge in [0.2, 0.25) is 11.8 Å². The molecule has 26 heavy (non-hydrogen) atoms. The van der Waals surface area contributed by atoms with Crippen molar-refractivity contribution in [3.63, 3.8) is 0 Å². The Morgan fingerprint density at radius 1 is 1.15 bits per heavy atom. The number of halogens is 1. The number of amides is 2. The highest BCUT2D eigenvalue weighted by Gasteiger charge is 2.26. The second-order valence-electron chi connectivity index (χ2n) is 5.72. The highest BCUT2D eigenvalue weighted by molar-refractivity contribution is 8.00. The Kier molecular flexibility index (Phi) is 7.50. The van der Waals surface area contributed by atoms with Gasteiger partial charge in [-0.1, -0.05) is 37.3 Å². The minimum Gasteiger partial charge on any atom is -0.324 e. The molecule has 7 heteroatoms. The van der Waals surface area contributed by atoms with E-state index in [0.717, 1.165) is 28.4 Å². The lowest BCUT2D eigenvalue weighted by molar-refractivity contribution is -0.120. The van der Waals surface area contributed by atoms with E-state index >= 15 is 0 Å². The summed E-state index contributed by atoms with van der Waals surface area (Å²) < 4.78 is 0. The van der Waals surface area contributed by atoms with E-state index in [0.29, 0.717) is 12.3 Å². The van der Waals surface area contributed by atoms with Gasteiger partial charge in [-0.25, -0.2) is 0 Å². The largest absolute Gasteiger partial charge is 0.324 e. The first-order valence-corrected chi connectivity index (χ1v) is 9.28. The minimum absolute atomic E-state index is 0. The number of benzene rings is 2. The smallest absolute Gasteiger partial charge is 0.244 e. The number of hydrogen-bond donors (Lipinski definition) is 2. The summed E-state index contributed by atoms with van der Waals surface area (Å²) in [5.41, 5.74) is 2.61.